The zero-order valence-corrected chi connectivity index (χ0v) is 12.3. The predicted molar refractivity (Wildman–Crippen MR) is 76.9 cm³/mol. The molecule has 2 heterocycles. The van der Waals surface area contributed by atoms with Gasteiger partial charge in [0.2, 0.25) is 5.91 Å². The standard InChI is InChI=1S/C13H16N4O3S/c1-9(11-3-2-6-21-11)14-12(18)8-17-7-10(15-16-17)4-5-13(19)20/h2-3,6-7,9H,4-5,8H2,1H3,(H,14,18)(H,19,20). The lowest BCUT2D eigenvalue weighted by molar-refractivity contribution is -0.137. The molecule has 112 valence electrons. The van der Waals surface area contributed by atoms with Crippen LogP contribution >= 0.6 is 11.3 Å². The Labute approximate surface area is 125 Å². The Hall–Kier alpha value is -2.22. The van der Waals surface area contributed by atoms with Gasteiger partial charge in [-0.25, -0.2) is 4.68 Å². The highest BCUT2D eigenvalue weighted by Gasteiger charge is 2.12. The van der Waals surface area contributed by atoms with Gasteiger partial charge in [-0.05, 0) is 18.4 Å². The number of carboxylic acid groups (broad SMARTS) is 1. The molecule has 7 nitrogen and oxygen atoms in total. The molecule has 0 saturated carbocycles. The van der Waals surface area contributed by atoms with E-state index in [0.717, 1.165) is 4.88 Å². The summed E-state index contributed by atoms with van der Waals surface area (Å²) in [5.41, 5.74) is 0.566. The molecule has 2 aromatic heterocycles. The number of nitrogens with zero attached hydrogens (tertiary/aromatic N) is 3. The second-order valence-corrected chi connectivity index (χ2v) is 5.59. The summed E-state index contributed by atoms with van der Waals surface area (Å²) < 4.78 is 1.41. The van der Waals surface area contributed by atoms with Gasteiger partial charge in [-0.1, -0.05) is 11.3 Å². The van der Waals surface area contributed by atoms with Crippen LogP contribution in [0.3, 0.4) is 0 Å². The SMILES string of the molecule is CC(NC(=O)Cn1cc(CCC(=O)O)nn1)c1cccs1. The highest BCUT2D eigenvalue weighted by molar-refractivity contribution is 7.10. The van der Waals surface area contributed by atoms with Crippen LogP contribution in [0.4, 0.5) is 0 Å². The molecule has 0 aliphatic heterocycles. The topological polar surface area (TPSA) is 97.1 Å². The molecule has 1 atom stereocenters. The first-order valence-corrected chi connectivity index (χ1v) is 7.36. The fourth-order valence-corrected chi connectivity index (χ4v) is 2.54. The highest BCUT2D eigenvalue weighted by Crippen LogP contribution is 2.17. The quantitative estimate of drug-likeness (QED) is 0.802. The Morgan fingerprint density at radius 3 is 3.00 bits per heavy atom. The Morgan fingerprint density at radius 1 is 1.52 bits per heavy atom. The molecular formula is C13H16N4O3S. The number of thiophene rings is 1. The molecule has 2 aromatic rings. The van der Waals surface area contributed by atoms with Crippen molar-refractivity contribution >= 4 is 23.2 Å². The van der Waals surface area contributed by atoms with Crippen LogP contribution in [0.15, 0.2) is 23.7 Å². The molecule has 21 heavy (non-hydrogen) atoms. The van der Waals surface area contributed by atoms with Crippen molar-refractivity contribution in [2.24, 2.45) is 0 Å². The summed E-state index contributed by atoms with van der Waals surface area (Å²) in [4.78, 5) is 23.5. The number of hydrogen-bond donors (Lipinski definition) is 2. The number of carbonyl (C=O) groups excluding carboxylic acids is 1. The van der Waals surface area contributed by atoms with E-state index in [-0.39, 0.29) is 24.9 Å². The van der Waals surface area contributed by atoms with Crippen LogP contribution in [0.2, 0.25) is 0 Å². The number of rotatable bonds is 7. The molecule has 1 amide bonds. The first-order chi connectivity index (χ1) is 10.0. The molecule has 0 bridgehead atoms. The summed E-state index contributed by atoms with van der Waals surface area (Å²) in [7, 11) is 0. The van der Waals surface area contributed by atoms with Crippen LogP contribution in [0.25, 0.3) is 0 Å². The van der Waals surface area contributed by atoms with E-state index < -0.39 is 5.97 Å². The first-order valence-electron chi connectivity index (χ1n) is 6.48. The van der Waals surface area contributed by atoms with Gasteiger partial charge < -0.3 is 10.4 Å². The Kier molecular flexibility index (Phi) is 5.04. The molecule has 0 aliphatic carbocycles. The van der Waals surface area contributed by atoms with Gasteiger partial charge in [0, 0.05) is 17.5 Å². The Bertz CT molecular complexity index is 609. The summed E-state index contributed by atoms with van der Waals surface area (Å²) in [5, 5.41) is 21.1. The van der Waals surface area contributed by atoms with Crippen molar-refractivity contribution in [1.82, 2.24) is 20.3 Å². The minimum Gasteiger partial charge on any atom is -0.481 e. The van der Waals surface area contributed by atoms with Crippen molar-refractivity contribution in [3.63, 3.8) is 0 Å². The fraction of sp³-hybridized carbons (Fsp3) is 0.385. The van der Waals surface area contributed by atoms with Crippen molar-refractivity contribution in [1.29, 1.82) is 0 Å². The molecule has 1 unspecified atom stereocenters. The van der Waals surface area contributed by atoms with E-state index in [1.807, 2.05) is 24.4 Å². The second-order valence-electron chi connectivity index (χ2n) is 4.61. The van der Waals surface area contributed by atoms with Gasteiger partial charge in [0.15, 0.2) is 0 Å². The predicted octanol–water partition coefficient (Wildman–Crippen LogP) is 1.23. The summed E-state index contributed by atoms with van der Waals surface area (Å²) in [6.45, 7) is 1.99. The molecule has 0 spiro atoms. The van der Waals surface area contributed by atoms with Crippen LogP contribution < -0.4 is 5.32 Å². The Balaban J connectivity index is 1.84. The zero-order chi connectivity index (χ0) is 15.2. The number of hydrogen-bond acceptors (Lipinski definition) is 5. The van der Waals surface area contributed by atoms with Crippen LogP contribution in [0.1, 0.15) is 30.0 Å². The molecule has 0 aliphatic rings. The van der Waals surface area contributed by atoms with Crippen molar-refractivity contribution in [3.8, 4) is 0 Å². The maximum Gasteiger partial charge on any atom is 0.303 e. The van der Waals surface area contributed by atoms with Gasteiger partial charge in [-0.3, -0.25) is 9.59 Å². The van der Waals surface area contributed by atoms with Crippen molar-refractivity contribution in [2.45, 2.75) is 32.4 Å². The molecular weight excluding hydrogens is 292 g/mol. The maximum atomic E-state index is 11.9. The largest absolute Gasteiger partial charge is 0.481 e. The van der Waals surface area contributed by atoms with Crippen molar-refractivity contribution in [3.05, 3.63) is 34.3 Å². The maximum absolute atomic E-state index is 11.9. The number of aryl methyl sites for hydroxylation is 1. The van der Waals surface area contributed by atoms with Gasteiger partial charge in [0.05, 0.1) is 18.2 Å². The molecule has 0 fully saturated rings. The van der Waals surface area contributed by atoms with Crippen LogP contribution in [0, 0.1) is 0 Å². The van der Waals surface area contributed by atoms with Crippen molar-refractivity contribution < 1.29 is 14.7 Å². The summed E-state index contributed by atoms with van der Waals surface area (Å²) in [6, 6.07) is 3.86. The van der Waals surface area contributed by atoms with Gasteiger partial charge >= 0.3 is 5.97 Å². The van der Waals surface area contributed by atoms with Crippen LogP contribution in [-0.4, -0.2) is 32.0 Å². The van der Waals surface area contributed by atoms with Crippen LogP contribution in [-0.2, 0) is 22.6 Å². The lowest BCUT2D eigenvalue weighted by Gasteiger charge is -2.11. The number of carbonyl (C=O) groups is 2. The zero-order valence-electron chi connectivity index (χ0n) is 11.5. The lowest BCUT2D eigenvalue weighted by Crippen LogP contribution is -2.29. The minimum absolute atomic E-state index is 0.000299. The highest BCUT2D eigenvalue weighted by atomic mass is 32.1. The van der Waals surface area contributed by atoms with E-state index in [0.29, 0.717) is 12.1 Å². The normalized spacial score (nSPS) is 12.0. The number of aromatic nitrogens is 3. The Morgan fingerprint density at radius 2 is 2.33 bits per heavy atom. The molecule has 2 rings (SSSR count). The van der Waals surface area contributed by atoms with Crippen molar-refractivity contribution in [2.75, 3.05) is 0 Å². The third kappa shape index (κ3) is 4.67. The summed E-state index contributed by atoms with van der Waals surface area (Å²) >= 11 is 1.59. The van der Waals surface area contributed by atoms with E-state index in [4.69, 9.17) is 5.11 Å². The number of nitrogens with one attached hydrogen (secondary N) is 1. The fourth-order valence-electron chi connectivity index (χ4n) is 1.81. The van der Waals surface area contributed by atoms with E-state index >= 15 is 0 Å². The molecule has 0 radical (unpaired) electrons. The number of amides is 1. The minimum atomic E-state index is -0.882. The van der Waals surface area contributed by atoms with Gasteiger partial charge in [0.25, 0.3) is 0 Å². The van der Waals surface area contributed by atoms with Gasteiger partial charge in [-0.15, -0.1) is 16.4 Å². The number of aliphatic carboxylic acids is 1. The first kappa shape index (κ1) is 15.2. The average molecular weight is 308 g/mol. The average Bonchev–Trinajstić information content (AvgIpc) is 3.07. The third-order valence-corrected chi connectivity index (χ3v) is 3.89. The van der Waals surface area contributed by atoms with E-state index in [1.54, 1.807) is 17.5 Å². The molecule has 2 N–H and O–H groups in total. The smallest absolute Gasteiger partial charge is 0.303 e. The molecule has 0 saturated heterocycles. The van der Waals surface area contributed by atoms with Gasteiger partial charge in [-0.2, -0.15) is 0 Å². The molecule has 0 aromatic carbocycles. The number of carboxylic acids is 1. The van der Waals surface area contributed by atoms with E-state index in [2.05, 4.69) is 15.6 Å². The van der Waals surface area contributed by atoms with E-state index in [9.17, 15) is 9.59 Å². The van der Waals surface area contributed by atoms with Crippen LogP contribution in [0.5, 0.6) is 0 Å². The monoisotopic (exact) mass is 308 g/mol. The summed E-state index contributed by atoms with van der Waals surface area (Å²) in [5.74, 6) is -1.04. The second kappa shape index (κ2) is 6.98. The lowest BCUT2D eigenvalue weighted by atomic mass is 10.2. The molecule has 8 heteroatoms. The van der Waals surface area contributed by atoms with Gasteiger partial charge in [0.1, 0.15) is 6.54 Å². The third-order valence-electron chi connectivity index (χ3n) is 2.83. The summed E-state index contributed by atoms with van der Waals surface area (Å²) in [6.07, 6.45) is 1.90. The van der Waals surface area contributed by atoms with E-state index in [1.165, 1.54) is 4.68 Å².